The summed E-state index contributed by atoms with van der Waals surface area (Å²) in [7, 11) is 0. The molecule has 2 radical (unpaired) electrons. The topological polar surface area (TPSA) is 124 Å². The molecule has 0 fully saturated rings. The van der Waals surface area contributed by atoms with Crippen molar-refractivity contribution in [2.75, 3.05) is 0 Å². The van der Waals surface area contributed by atoms with Crippen LogP contribution in [0.1, 0.15) is 40.5 Å². The number of aliphatic carboxylic acids is 2. The summed E-state index contributed by atoms with van der Waals surface area (Å²) in [5, 5.41) is 34.9. The number of carbonyl (C=O) groups is 2. The Labute approximate surface area is 165 Å². The summed E-state index contributed by atoms with van der Waals surface area (Å²) >= 11 is 0. The van der Waals surface area contributed by atoms with Gasteiger partial charge in [-0.15, -0.1) is 0 Å². The van der Waals surface area contributed by atoms with Crippen molar-refractivity contribution in [3.63, 3.8) is 0 Å². The molecular weight excluding hydrogens is 394 g/mol. The normalized spacial score (nSPS) is 12.5. The summed E-state index contributed by atoms with van der Waals surface area (Å²) in [6.07, 6.45) is -2.96. The first kappa shape index (κ1) is 30.8. The summed E-state index contributed by atoms with van der Waals surface area (Å²) in [6.45, 7) is 19.3. The van der Waals surface area contributed by atoms with Crippen molar-refractivity contribution in [3.05, 3.63) is 22.8 Å². The molecule has 4 N–H and O–H groups in total. The van der Waals surface area contributed by atoms with Gasteiger partial charge in [-0.3, -0.25) is 9.59 Å². The number of nitrogens with zero attached hydrogens (tertiary/aromatic N) is 2. The molecule has 0 bridgehead atoms. The van der Waals surface area contributed by atoms with Gasteiger partial charge < -0.3 is 30.1 Å². The summed E-state index contributed by atoms with van der Waals surface area (Å²) in [6, 6.07) is 0. The molecule has 0 aliphatic rings. The van der Waals surface area contributed by atoms with Gasteiger partial charge in [0.05, 0.1) is 12.8 Å². The zero-order valence-corrected chi connectivity index (χ0v) is 16.8. The van der Waals surface area contributed by atoms with E-state index in [9.17, 15) is 9.59 Å². The van der Waals surface area contributed by atoms with E-state index in [0.29, 0.717) is 0 Å². The van der Waals surface area contributed by atoms with E-state index in [1.54, 1.807) is 0 Å². The molecule has 10 heteroatoms. The largest absolute Gasteiger partial charge is 0.481 e. The zero-order chi connectivity index (χ0) is 18.1. The van der Waals surface area contributed by atoms with Crippen LogP contribution in [0.25, 0.3) is 9.69 Å². The third-order valence-electron chi connectivity index (χ3n) is 2.94. The summed E-state index contributed by atoms with van der Waals surface area (Å²) in [5.74, 6) is -2.18. The van der Waals surface area contributed by atoms with Gasteiger partial charge in [0.25, 0.3) is 11.1 Å². The number of carboxylic acids is 2. The third-order valence-corrected chi connectivity index (χ3v) is 2.94. The number of aliphatic hydroxyl groups is 2. The maximum Gasteiger partial charge on any atom is 0.306 e. The molecule has 0 aromatic rings. The molecule has 0 spiro atoms. The maximum absolute atomic E-state index is 10.1. The Bertz CT molecular complexity index is 439. The summed E-state index contributed by atoms with van der Waals surface area (Å²) < 4.78 is 0. The van der Waals surface area contributed by atoms with Gasteiger partial charge in [-0.1, -0.05) is 0 Å². The molecule has 2 unspecified atom stereocenters. The smallest absolute Gasteiger partial charge is 0.306 e. The van der Waals surface area contributed by atoms with E-state index < -0.39 is 35.2 Å². The van der Waals surface area contributed by atoms with Gasteiger partial charge >= 0.3 is 11.9 Å². The second-order valence-electron chi connectivity index (χ2n) is 5.76. The SMILES string of the molecule is [C-]#[N+]C(C)(C)C(O)CC(=O)O.[C-]#[N+]C(C)(C)C(O)CC(=O)O.[V].[V]. The van der Waals surface area contributed by atoms with Gasteiger partial charge in [0.15, 0.2) is 0 Å². The van der Waals surface area contributed by atoms with E-state index in [1.807, 2.05) is 0 Å². The molecule has 0 saturated carbocycles. The molecule has 2 atom stereocenters. The Morgan fingerprint density at radius 1 is 0.833 bits per heavy atom. The molecule has 8 nitrogen and oxygen atoms in total. The van der Waals surface area contributed by atoms with Crippen LogP contribution in [0.15, 0.2) is 0 Å². The third kappa shape index (κ3) is 13.4. The van der Waals surface area contributed by atoms with Crippen LogP contribution >= 0.6 is 0 Å². The number of hydrogen-bond acceptors (Lipinski definition) is 4. The van der Waals surface area contributed by atoms with Crippen LogP contribution in [0.5, 0.6) is 0 Å². The van der Waals surface area contributed by atoms with E-state index >= 15 is 0 Å². The first-order chi connectivity index (χ1) is 9.80. The Morgan fingerprint density at radius 2 is 1.04 bits per heavy atom. The maximum atomic E-state index is 10.1. The molecule has 0 amide bonds. The molecule has 0 saturated heterocycles. The van der Waals surface area contributed by atoms with Crippen molar-refractivity contribution < 1.29 is 67.1 Å². The molecule has 0 aromatic heterocycles. The van der Waals surface area contributed by atoms with Crippen molar-refractivity contribution in [1.82, 2.24) is 0 Å². The number of hydrogen-bond donors (Lipinski definition) is 4. The second kappa shape index (κ2) is 13.3. The quantitative estimate of drug-likeness (QED) is 0.480. The van der Waals surface area contributed by atoms with E-state index in [1.165, 1.54) is 27.7 Å². The molecule has 0 aliphatic carbocycles. The zero-order valence-electron chi connectivity index (χ0n) is 14.0. The fraction of sp³-hybridized carbons (Fsp3) is 0.714. The fourth-order valence-electron chi connectivity index (χ4n) is 0.979. The first-order valence-electron chi connectivity index (χ1n) is 6.37. The van der Waals surface area contributed by atoms with E-state index in [-0.39, 0.29) is 50.0 Å². The molecule has 0 aliphatic heterocycles. The molecule has 0 heterocycles. The molecule has 0 aromatic carbocycles. The van der Waals surface area contributed by atoms with Crippen LogP contribution in [0.4, 0.5) is 0 Å². The minimum absolute atomic E-state index is 0. The fourth-order valence-corrected chi connectivity index (χ4v) is 0.979. The minimum Gasteiger partial charge on any atom is -0.481 e. The Kier molecular flexibility index (Phi) is 17.1. The van der Waals surface area contributed by atoms with Crippen LogP contribution in [-0.4, -0.2) is 55.7 Å². The molecular formula is C14H22N2O6V2. The molecule has 24 heavy (non-hydrogen) atoms. The van der Waals surface area contributed by atoms with Crippen molar-refractivity contribution in [2.45, 2.75) is 63.8 Å². The Balaban J connectivity index is -0.000000154. The average molecular weight is 416 g/mol. The van der Waals surface area contributed by atoms with Gasteiger partial charge in [-0.25, -0.2) is 13.1 Å². The average Bonchev–Trinajstić information content (AvgIpc) is 2.37. The van der Waals surface area contributed by atoms with Crippen molar-refractivity contribution >= 4 is 11.9 Å². The van der Waals surface area contributed by atoms with E-state index in [4.69, 9.17) is 33.6 Å². The predicted octanol–water partition coefficient (Wildman–Crippen LogP) is 1.03. The Morgan fingerprint density at radius 3 is 1.17 bits per heavy atom. The second-order valence-corrected chi connectivity index (χ2v) is 5.76. The van der Waals surface area contributed by atoms with Crippen LogP contribution < -0.4 is 0 Å². The Hall–Kier alpha value is -0.991. The van der Waals surface area contributed by atoms with Gasteiger partial charge in [0.1, 0.15) is 12.2 Å². The predicted molar refractivity (Wildman–Crippen MR) is 77.9 cm³/mol. The molecule has 134 valence electrons. The van der Waals surface area contributed by atoms with E-state index in [2.05, 4.69) is 9.69 Å². The number of rotatable bonds is 6. The van der Waals surface area contributed by atoms with E-state index in [0.717, 1.165) is 0 Å². The number of aliphatic hydroxyl groups excluding tert-OH is 2. The molecule has 0 rings (SSSR count). The van der Waals surface area contributed by atoms with Crippen molar-refractivity contribution in [3.8, 4) is 0 Å². The first-order valence-corrected chi connectivity index (χ1v) is 6.37. The van der Waals surface area contributed by atoms with Crippen LogP contribution in [0, 0.1) is 13.1 Å². The minimum atomic E-state index is -1.10. The van der Waals surface area contributed by atoms with Crippen LogP contribution in [-0.2, 0) is 46.7 Å². The number of carboxylic acid groups (broad SMARTS) is 2. The van der Waals surface area contributed by atoms with Crippen LogP contribution in [0.3, 0.4) is 0 Å². The van der Waals surface area contributed by atoms with Gasteiger partial charge in [-0.05, 0) is 0 Å². The van der Waals surface area contributed by atoms with Crippen molar-refractivity contribution in [1.29, 1.82) is 0 Å². The van der Waals surface area contributed by atoms with Gasteiger partial charge in [0, 0.05) is 64.8 Å². The standard InChI is InChI=1S/2C7H11NO3.2V/c2*1-7(2,8-3)5(9)4-6(10)11;;/h2*5,9H,4H2,1-2H3,(H,10,11);;. The monoisotopic (exact) mass is 416 g/mol. The summed E-state index contributed by atoms with van der Waals surface area (Å²) in [4.78, 5) is 26.4. The van der Waals surface area contributed by atoms with Gasteiger partial charge in [0.2, 0.25) is 0 Å². The van der Waals surface area contributed by atoms with Crippen LogP contribution in [0.2, 0.25) is 0 Å². The van der Waals surface area contributed by atoms with Crippen molar-refractivity contribution in [2.24, 2.45) is 0 Å². The van der Waals surface area contributed by atoms with Gasteiger partial charge in [-0.2, -0.15) is 0 Å². The summed E-state index contributed by atoms with van der Waals surface area (Å²) in [5.41, 5.74) is -2.00.